The van der Waals surface area contributed by atoms with Crippen LogP contribution in [0.15, 0.2) is 0 Å². The molecule has 2 saturated carbocycles. The van der Waals surface area contributed by atoms with Gasteiger partial charge in [0.25, 0.3) is 0 Å². The quantitative estimate of drug-likeness (QED) is 0.751. The summed E-state index contributed by atoms with van der Waals surface area (Å²) in [6, 6.07) is 1.07. The molecule has 0 aromatic carbocycles. The third-order valence-corrected chi connectivity index (χ3v) is 5.48. The fourth-order valence-corrected chi connectivity index (χ4v) is 4.04. The normalized spacial score (nSPS) is 35.2. The molecular weight excluding hydrogens is 264 g/mol. The molecule has 5 heteroatoms. The zero-order chi connectivity index (χ0) is 14.9. The van der Waals surface area contributed by atoms with Crippen molar-refractivity contribution in [1.29, 1.82) is 0 Å². The van der Waals surface area contributed by atoms with Gasteiger partial charge < -0.3 is 16.0 Å². The lowest BCUT2D eigenvalue weighted by Gasteiger charge is -2.38. The summed E-state index contributed by atoms with van der Waals surface area (Å²) >= 11 is 0. The zero-order valence-corrected chi connectivity index (χ0v) is 13.3. The maximum absolute atomic E-state index is 12.0. The first-order valence-corrected chi connectivity index (χ1v) is 8.67. The molecule has 3 N–H and O–H groups in total. The molecule has 0 spiro atoms. The molecule has 5 nitrogen and oxygen atoms in total. The zero-order valence-electron chi connectivity index (χ0n) is 13.3. The van der Waals surface area contributed by atoms with Crippen molar-refractivity contribution in [2.45, 2.75) is 63.1 Å². The van der Waals surface area contributed by atoms with Crippen molar-refractivity contribution >= 4 is 5.91 Å². The number of carbonyl (C=O) groups excluding carboxylic acids is 1. The van der Waals surface area contributed by atoms with Gasteiger partial charge in [-0.25, -0.2) is 0 Å². The summed E-state index contributed by atoms with van der Waals surface area (Å²) in [6.45, 7) is 8.08. The van der Waals surface area contributed by atoms with E-state index in [2.05, 4.69) is 22.0 Å². The fraction of sp³-hybridized carbons (Fsp3) is 0.938. The molecule has 0 bridgehead atoms. The number of primary amides is 1. The first-order valence-electron chi connectivity index (χ1n) is 8.67. The van der Waals surface area contributed by atoms with E-state index in [1.165, 1.54) is 38.9 Å². The molecule has 1 aliphatic heterocycles. The maximum Gasteiger partial charge on any atom is 0.237 e. The van der Waals surface area contributed by atoms with Crippen molar-refractivity contribution in [2.24, 2.45) is 5.73 Å². The first-order chi connectivity index (χ1) is 10.1. The average molecular weight is 294 g/mol. The van der Waals surface area contributed by atoms with Crippen LogP contribution in [0.2, 0.25) is 0 Å². The number of nitrogens with zero attached hydrogens (tertiary/aromatic N) is 2. The van der Waals surface area contributed by atoms with Gasteiger partial charge in [0.1, 0.15) is 0 Å². The van der Waals surface area contributed by atoms with E-state index < -0.39 is 5.54 Å². The fourth-order valence-electron chi connectivity index (χ4n) is 4.04. The van der Waals surface area contributed by atoms with Crippen LogP contribution < -0.4 is 11.1 Å². The number of carbonyl (C=O) groups is 1. The lowest BCUT2D eigenvalue weighted by Crippen LogP contribution is -2.56. The Balaban J connectivity index is 1.55. The SMILES string of the molecule is CCCN1CCN(C2CCC(NC3CC3)(C(N)=O)C2)CC1. The van der Waals surface area contributed by atoms with Crippen LogP contribution in [0, 0.1) is 0 Å². The molecule has 3 aliphatic rings. The highest BCUT2D eigenvalue weighted by atomic mass is 16.1. The van der Waals surface area contributed by atoms with Crippen LogP contribution in [0.3, 0.4) is 0 Å². The Morgan fingerprint density at radius 1 is 1.24 bits per heavy atom. The van der Waals surface area contributed by atoms with Gasteiger partial charge in [0, 0.05) is 38.3 Å². The van der Waals surface area contributed by atoms with Crippen molar-refractivity contribution in [3.05, 3.63) is 0 Å². The topological polar surface area (TPSA) is 61.6 Å². The predicted molar refractivity (Wildman–Crippen MR) is 84.0 cm³/mol. The monoisotopic (exact) mass is 294 g/mol. The Labute approximate surface area is 128 Å². The smallest absolute Gasteiger partial charge is 0.237 e. The van der Waals surface area contributed by atoms with Crippen LogP contribution in [0.25, 0.3) is 0 Å². The highest BCUT2D eigenvalue weighted by molar-refractivity contribution is 5.85. The number of nitrogens with two attached hydrogens (primary N) is 1. The number of piperazine rings is 1. The van der Waals surface area contributed by atoms with Gasteiger partial charge in [-0.2, -0.15) is 0 Å². The van der Waals surface area contributed by atoms with E-state index in [9.17, 15) is 4.79 Å². The summed E-state index contributed by atoms with van der Waals surface area (Å²) in [7, 11) is 0. The second-order valence-corrected chi connectivity index (χ2v) is 7.14. The summed E-state index contributed by atoms with van der Waals surface area (Å²) in [5.41, 5.74) is 5.31. The first kappa shape index (κ1) is 15.3. The minimum absolute atomic E-state index is 0.137. The van der Waals surface area contributed by atoms with Gasteiger partial charge in [-0.3, -0.25) is 9.69 Å². The molecule has 3 fully saturated rings. The van der Waals surface area contributed by atoms with Crippen LogP contribution in [-0.2, 0) is 4.79 Å². The minimum atomic E-state index is -0.424. The van der Waals surface area contributed by atoms with Crippen LogP contribution in [-0.4, -0.2) is 66.1 Å². The summed E-state index contributed by atoms with van der Waals surface area (Å²) in [4.78, 5) is 17.1. The second-order valence-electron chi connectivity index (χ2n) is 7.14. The Morgan fingerprint density at radius 3 is 2.52 bits per heavy atom. The van der Waals surface area contributed by atoms with Gasteiger partial charge in [-0.1, -0.05) is 6.92 Å². The molecular formula is C16H30N4O. The summed E-state index contributed by atoms with van der Waals surface area (Å²) in [5.74, 6) is -0.137. The summed E-state index contributed by atoms with van der Waals surface area (Å²) < 4.78 is 0. The van der Waals surface area contributed by atoms with Crippen LogP contribution in [0.4, 0.5) is 0 Å². The van der Waals surface area contributed by atoms with E-state index in [0.717, 1.165) is 32.4 Å². The molecule has 1 heterocycles. The molecule has 120 valence electrons. The average Bonchev–Trinajstić information content (AvgIpc) is 3.17. The van der Waals surface area contributed by atoms with Gasteiger partial charge in [0.15, 0.2) is 0 Å². The molecule has 0 aromatic rings. The van der Waals surface area contributed by atoms with Gasteiger partial charge in [-0.15, -0.1) is 0 Å². The lowest BCUT2D eigenvalue weighted by molar-refractivity contribution is -0.124. The van der Waals surface area contributed by atoms with Gasteiger partial charge >= 0.3 is 0 Å². The number of nitrogens with one attached hydrogen (secondary N) is 1. The molecule has 2 unspecified atom stereocenters. The Morgan fingerprint density at radius 2 is 1.95 bits per heavy atom. The number of hydrogen-bond donors (Lipinski definition) is 2. The number of amides is 1. The lowest BCUT2D eigenvalue weighted by atomic mass is 9.95. The van der Waals surface area contributed by atoms with E-state index >= 15 is 0 Å². The van der Waals surface area contributed by atoms with E-state index in [1.807, 2.05) is 0 Å². The molecule has 2 aliphatic carbocycles. The Hall–Kier alpha value is -0.650. The number of hydrogen-bond acceptors (Lipinski definition) is 4. The van der Waals surface area contributed by atoms with Crippen molar-refractivity contribution in [3.63, 3.8) is 0 Å². The van der Waals surface area contributed by atoms with Gasteiger partial charge in [-0.05, 0) is 45.1 Å². The Kier molecular flexibility index (Phi) is 4.52. The minimum Gasteiger partial charge on any atom is -0.368 e. The molecule has 0 radical (unpaired) electrons. The van der Waals surface area contributed by atoms with E-state index in [-0.39, 0.29) is 5.91 Å². The van der Waals surface area contributed by atoms with E-state index in [1.54, 1.807) is 0 Å². The van der Waals surface area contributed by atoms with Crippen LogP contribution in [0.1, 0.15) is 45.4 Å². The molecule has 2 atom stereocenters. The molecule has 0 aromatic heterocycles. The summed E-state index contributed by atoms with van der Waals surface area (Å²) in [6.07, 6.45) is 6.58. The van der Waals surface area contributed by atoms with Crippen LogP contribution in [0.5, 0.6) is 0 Å². The van der Waals surface area contributed by atoms with E-state index in [4.69, 9.17) is 5.73 Å². The third-order valence-electron chi connectivity index (χ3n) is 5.48. The molecule has 21 heavy (non-hydrogen) atoms. The van der Waals surface area contributed by atoms with Crippen molar-refractivity contribution in [2.75, 3.05) is 32.7 Å². The number of rotatable bonds is 6. The van der Waals surface area contributed by atoms with Crippen molar-refractivity contribution < 1.29 is 4.79 Å². The Bertz CT molecular complexity index is 376. The van der Waals surface area contributed by atoms with Gasteiger partial charge in [0.05, 0.1) is 5.54 Å². The highest BCUT2D eigenvalue weighted by Gasteiger charge is 2.48. The van der Waals surface area contributed by atoms with Crippen molar-refractivity contribution in [1.82, 2.24) is 15.1 Å². The highest BCUT2D eigenvalue weighted by Crippen LogP contribution is 2.36. The van der Waals surface area contributed by atoms with Crippen molar-refractivity contribution in [3.8, 4) is 0 Å². The summed E-state index contributed by atoms with van der Waals surface area (Å²) in [5, 5.41) is 3.55. The predicted octanol–water partition coefficient (Wildman–Crippen LogP) is 0.543. The molecule has 1 saturated heterocycles. The molecule has 1 amide bonds. The van der Waals surface area contributed by atoms with E-state index in [0.29, 0.717) is 12.1 Å². The second kappa shape index (κ2) is 6.23. The van der Waals surface area contributed by atoms with Crippen LogP contribution >= 0.6 is 0 Å². The standard InChI is InChI=1S/C16H30N4O/c1-2-7-19-8-10-20(11-9-19)14-5-6-16(12-14,15(17)21)18-13-3-4-13/h13-14,18H,2-12H2,1H3,(H2,17,21). The maximum atomic E-state index is 12.0. The van der Waals surface area contributed by atoms with Gasteiger partial charge in [0.2, 0.25) is 5.91 Å². The largest absolute Gasteiger partial charge is 0.368 e. The third kappa shape index (κ3) is 3.41. The molecule has 3 rings (SSSR count).